The number of aromatic carboxylic acids is 1. The molecule has 4 nitrogen and oxygen atoms in total. The molecular formula is C11H15ClN2O2S. The summed E-state index contributed by atoms with van der Waals surface area (Å²) in [6.45, 7) is 0.933. The lowest BCUT2D eigenvalue weighted by molar-refractivity contribution is 0.0702. The first kappa shape index (κ1) is 12.6. The number of carboxylic acids is 1. The summed E-state index contributed by atoms with van der Waals surface area (Å²) in [4.78, 5) is 17.1. The van der Waals surface area contributed by atoms with Gasteiger partial charge in [-0.3, -0.25) is 0 Å². The Balaban J connectivity index is 2.05. The number of carboxylic acid groups (broad SMARTS) is 1. The van der Waals surface area contributed by atoms with E-state index in [1.807, 2.05) is 11.9 Å². The third-order valence-electron chi connectivity index (χ3n) is 3.10. The number of halogens is 1. The van der Waals surface area contributed by atoms with E-state index in [-0.39, 0.29) is 10.0 Å². The lowest BCUT2D eigenvalue weighted by atomic mass is 10.1. The average molecular weight is 275 g/mol. The van der Waals surface area contributed by atoms with Crippen molar-refractivity contribution < 1.29 is 9.90 Å². The maximum Gasteiger partial charge on any atom is 0.349 e. The highest BCUT2D eigenvalue weighted by molar-refractivity contribution is 7.18. The highest BCUT2D eigenvalue weighted by Gasteiger charge is 2.21. The normalized spacial score (nSPS) is 16.4. The summed E-state index contributed by atoms with van der Waals surface area (Å²) in [7, 11) is 1.94. The average Bonchev–Trinajstić information content (AvgIpc) is 2.86. The van der Waals surface area contributed by atoms with E-state index in [9.17, 15) is 4.79 Å². The van der Waals surface area contributed by atoms with Gasteiger partial charge in [0.1, 0.15) is 0 Å². The second-order valence-electron chi connectivity index (χ2n) is 4.45. The van der Waals surface area contributed by atoms with E-state index in [0.29, 0.717) is 11.0 Å². The van der Waals surface area contributed by atoms with E-state index >= 15 is 0 Å². The third-order valence-corrected chi connectivity index (χ3v) is 4.65. The van der Waals surface area contributed by atoms with Crippen LogP contribution >= 0.6 is 22.9 Å². The molecule has 0 aromatic carbocycles. The number of rotatable bonds is 4. The SMILES string of the molecule is CN(CC1CCCC1)c1nc(Cl)c(C(=O)O)s1. The lowest BCUT2D eigenvalue weighted by Crippen LogP contribution is -2.23. The summed E-state index contributed by atoms with van der Waals surface area (Å²) >= 11 is 6.93. The minimum atomic E-state index is -1.01. The van der Waals surface area contributed by atoms with Crippen LogP contribution in [0, 0.1) is 5.92 Å². The van der Waals surface area contributed by atoms with E-state index in [2.05, 4.69) is 4.98 Å². The molecule has 1 saturated carbocycles. The highest BCUT2D eigenvalue weighted by atomic mass is 35.5. The molecule has 0 atom stereocenters. The molecule has 1 aromatic rings. The summed E-state index contributed by atoms with van der Waals surface area (Å²) in [6.07, 6.45) is 5.12. The van der Waals surface area contributed by atoms with Gasteiger partial charge in [-0.05, 0) is 18.8 Å². The van der Waals surface area contributed by atoms with E-state index < -0.39 is 5.97 Å². The van der Waals surface area contributed by atoms with Gasteiger partial charge in [-0.1, -0.05) is 35.8 Å². The van der Waals surface area contributed by atoms with Gasteiger partial charge < -0.3 is 10.0 Å². The molecule has 0 spiro atoms. The van der Waals surface area contributed by atoms with Gasteiger partial charge in [-0.25, -0.2) is 9.78 Å². The second-order valence-corrected chi connectivity index (χ2v) is 5.79. The molecule has 0 radical (unpaired) electrons. The number of hydrogen-bond acceptors (Lipinski definition) is 4. The van der Waals surface area contributed by atoms with Gasteiger partial charge >= 0.3 is 5.97 Å². The first-order valence-corrected chi connectivity index (χ1v) is 6.88. The Hall–Kier alpha value is -0.810. The van der Waals surface area contributed by atoms with Crippen LogP contribution in [0.15, 0.2) is 0 Å². The highest BCUT2D eigenvalue weighted by Crippen LogP contribution is 2.31. The van der Waals surface area contributed by atoms with Crippen LogP contribution in [0.5, 0.6) is 0 Å². The zero-order chi connectivity index (χ0) is 12.4. The lowest BCUT2D eigenvalue weighted by Gasteiger charge is -2.19. The minimum Gasteiger partial charge on any atom is -0.477 e. The van der Waals surface area contributed by atoms with Crippen molar-refractivity contribution in [3.8, 4) is 0 Å². The molecule has 17 heavy (non-hydrogen) atoms. The van der Waals surface area contributed by atoms with Crippen LogP contribution in [0.25, 0.3) is 0 Å². The Morgan fingerprint density at radius 2 is 2.24 bits per heavy atom. The van der Waals surface area contributed by atoms with Gasteiger partial charge in [-0.15, -0.1) is 0 Å². The number of thiazole rings is 1. The largest absolute Gasteiger partial charge is 0.477 e. The van der Waals surface area contributed by atoms with E-state index in [0.717, 1.165) is 17.9 Å². The van der Waals surface area contributed by atoms with Gasteiger partial charge in [0.15, 0.2) is 15.2 Å². The standard InChI is InChI=1S/C11H15ClN2O2S/c1-14(6-7-4-2-3-5-7)11-13-9(12)8(17-11)10(15)16/h7H,2-6H2,1H3,(H,15,16). The molecular weight excluding hydrogens is 260 g/mol. The molecule has 0 aliphatic heterocycles. The molecule has 1 heterocycles. The van der Waals surface area contributed by atoms with Crippen molar-refractivity contribution in [3.63, 3.8) is 0 Å². The summed E-state index contributed by atoms with van der Waals surface area (Å²) in [5.74, 6) is -0.302. The van der Waals surface area contributed by atoms with Gasteiger partial charge in [0.05, 0.1) is 0 Å². The van der Waals surface area contributed by atoms with Crippen LogP contribution in [0.2, 0.25) is 5.15 Å². The summed E-state index contributed by atoms with van der Waals surface area (Å²) in [5, 5.41) is 9.70. The predicted octanol–water partition coefficient (Wildman–Crippen LogP) is 3.12. The molecule has 6 heteroatoms. The molecule has 0 unspecified atom stereocenters. The third kappa shape index (κ3) is 2.90. The van der Waals surface area contributed by atoms with Crippen molar-refractivity contribution in [1.29, 1.82) is 0 Å². The summed E-state index contributed by atoms with van der Waals surface area (Å²) in [5.41, 5.74) is 0. The fraction of sp³-hybridized carbons (Fsp3) is 0.636. The maximum atomic E-state index is 10.9. The Labute approximate surface area is 109 Å². The minimum absolute atomic E-state index is 0.0933. The van der Waals surface area contributed by atoms with Crippen LogP contribution in [0.4, 0.5) is 5.13 Å². The van der Waals surface area contributed by atoms with Crippen molar-refractivity contribution in [1.82, 2.24) is 4.98 Å². The van der Waals surface area contributed by atoms with Crippen LogP contribution in [0.3, 0.4) is 0 Å². The van der Waals surface area contributed by atoms with Gasteiger partial charge in [-0.2, -0.15) is 0 Å². The van der Waals surface area contributed by atoms with Crippen LogP contribution in [-0.4, -0.2) is 29.7 Å². The molecule has 1 aliphatic rings. The van der Waals surface area contributed by atoms with E-state index in [1.165, 1.54) is 25.7 Å². The van der Waals surface area contributed by atoms with Crippen molar-refractivity contribution >= 4 is 34.0 Å². The van der Waals surface area contributed by atoms with Crippen molar-refractivity contribution in [2.24, 2.45) is 5.92 Å². The summed E-state index contributed by atoms with van der Waals surface area (Å²) < 4.78 is 0. The van der Waals surface area contributed by atoms with Crippen LogP contribution < -0.4 is 4.90 Å². The van der Waals surface area contributed by atoms with Crippen molar-refractivity contribution in [2.45, 2.75) is 25.7 Å². The van der Waals surface area contributed by atoms with E-state index in [1.54, 1.807) is 0 Å². The fourth-order valence-corrected chi connectivity index (χ4v) is 3.34. The van der Waals surface area contributed by atoms with Crippen LogP contribution in [0.1, 0.15) is 35.4 Å². The maximum absolute atomic E-state index is 10.9. The number of nitrogens with zero attached hydrogens (tertiary/aromatic N) is 2. The molecule has 1 N–H and O–H groups in total. The van der Waals surface area contributed by atoms with Crippen molar-refractivity contribution in [3.05, 3.63) is 10.0 Å². The second kappa shape index (κ2) is 5.23. The zero-order valence-electron chi connectivity index (χ0n) is 9.65. The Morgan fingerprint density at radius 3 is 2.76 bits per heavy atom. The molecule has 1 aliphatic carbocycles. The quantitative estimate of drug-likeness (QED) is 0.917. The van der Waals surface area contributed by atoms with Crippen molar-refractivity contribution in [2.75, 3.05) is 18.5 Å². The molecule has 2 rings (SSSR count). The monoisotopic (exact) mass is 274 g/mol. The Kier molecular flexibility index (Phi) is 3.89. The smallest absolute Gasteiger partial charge is 0.349 e. The molecule has 0 amide bonds. The predicted molar refractivity (Wildman–Crippen MR) is 69.3 cm³/mol. The first-order valence-electron chi connectivity index (χ1n) is 5.68. The number of hydrogen-bond donors (Lipinski definition) is 1. The first-order chi connectivity index (χ1) is 8.08. The zero-order valence-corrected chi connectivity index (χ0v) is 11.2. The Bertz CT molecular complexity index is 416. The van der Waals surface area contributed by atoms with Gasteiger partial charge in [0.25, 0.3) is 0 Å². The fourth-order valence-electron chi connectivity index (χ4n) is 2.24. The molecule has 94 valence electrons. The van der Waals surface area contributed by atoms with Gasteiger partial charge in [0.2, 0.25) is 0 Å². The topological polar surface area (TPSA) is 53.4 Å². The number of aromatic nitrogens is 1. The Morgan fingerprint density at radius 1 is 1.59 bits per heavy atom. The number of anilines is 1. The van der Waals surface area contributed by atoms with Gasteiger partial charge in [0, 0.05) is 13.6 Å². The molecule has 0 bridgehead atoms. The molecule has 0 saturated heterocycles. The van der Waals surface area contributed by atoms with E-state index in [4.69, 9.17) is 16.7 Å². The van der Waals surface area contributed by atoms with Crippen LogP contribution in [-0.2, 0) is 0 Å². The molecule has 1 aromatic heterocycles. The number of carbonyl (C=O) groups is 1. The molecule has 1 fully saturated rings. The summed E-state index contributed by atoms with van der Waals surface area (Å²) in [6, 6.07) is 0.